The predicted molar refractivity (Wildman–Crippen MR) is 104 cm³/mol. The van der Waals surface area contributed by atoms with Gasteiger partial charge in [-0.1, -0.05) is 6.92 Å². The lowest BCUT2D eigenvalue weighted by Crippen LogP contribution is -2.47. The van der Waals surface area contributed by atoms with E-state index in [-0.39, 0.29) is 23.1 Å². The Morgan fingerprint density at radius 1 is 1.14 bits per heavy atom. The largest absolute Gasteiger partial charge is 0.434 e. The molecule has 0 aliphatic carbocycles. The van der Waals surface area contributed by atoms with Crippen LogP contribution in [0.4, 0.5) is 30.8 Å². The highest BCUT2D eigenvalue weighted by Gasteiger charge is 2.37. The van der Waals surface area contributed by atoms with Gasteiger partial charge in [-0.3, -0.25) is 0 Å². The molecule has 2 aromatic rings. The molecule has 0 unspecified atom stereocenters. The van der Waals surface area contributed by atoms with Crippen molar-refractivity contribution >= 4 is 17.6 Å². The molecule has 2 fully saturated rings. The van der Waals surface area contributed by atoms with Gasteiger partial charge in [0.05, 0.1) is 24.9 Å². The van der Waals surface area contributed by atoms with Crippen molar-refractivity contribution in [2.45, 2.75) is 26.1 Å². The molecule has 0 amide bonds. The van der Waals surface area contributed by atoms with Gasteiger partial charge in [0.2, 0.25) is 5.95 Å². The average Bonchev–Trinajstić information content (AvgIpc) is 2.65. The van der Waals surface area contributed by atoms with Crippen molar-refractivity contribution in [1.29, 1.82) is 0 Å². The van der Waals surface area contributed by atoms with E-state index in [9.17, 15) is 13.2 Å². The van der Waals surface area contributed by atoms with E-state index in [1.807, 2.05) is 16.7 Å². The predicted octanol–water partition coefficient (Wildman–Crippen LogP) is 2.82. The van der Waals surface area contributed by atoms with E-state index in [0.29, 0.717) is 37.4 Å². The summed E-state index contributed by atoms with van der Waals surface area (Å²) in [6.07, 6.45) is -4.65. The van der Waals surface area contributed by atoms with Crippen LogP contribution in [0.1, 0.15) is 19.5 Å². The molecule has 2 aromatic heterocycles. The van der Waals surface area contributed by atoms with Crippen molar-refractivity contribution in [3.8, 4) is 11.3 Å². The quantitative estimate of drug-likeness (QED) is 0.837. The number of hydrogen-bond donors (Lipinski definition) is 1. The zero-order valence-corrected chi connectivity index (χ0v) is 16.3. The lowest BCUT2D eigenvalue weighted by molar-refractivity contribution is -0.140. The SMILES string of the molecule is CC1CN(c2cc(-c3ccc(N)nc3C(F)(F)F)nc(N3CCOC[C@@H]3C)n2)C1. The van der Waals surface area contributed by atoms with Gasteiger partial charge in [-0.05, 0) is 25.0 Å². The zero-order valence-electron chi connectivity index (χ0n) is 16.3. The number of aromatic nitrogens is 3. The molecule has 0 aromatic carbocycles. The summed E-state index contributed by atoms with van der Waals surface area (Å²) in [5.74, 6) is 1.35. The molecular weight excluding hydrogens is 385 g/mol. The van der Waals surface area contributed by atoms with Crippen molar-refractivity contribution in [1.82, 2.24) is 15.0 Å². The molecule has 0 saturated carbocycles. The Morgan fingerprint density at radius 2 is 1.90 bits per heavy atom. The first-order chi connectivity index (χ1) is 13.7. The summed E-state index contributed by atoms with van der Waals surface area (Å²) < 4.78 is 46.3. The number of hydrogen-bond acceptors (Lipinski definition) is 7. The molecule has 2 aliphatic rings. The molecule has 29 heavy (non-hydrogen) atoms. The first kappa shape index (κ1) is 19.7. The van der Waals surface area contributed by atoms with E-state index in [1.165, 1.54) is 12.1 Å². The van der Waals surface area contributed by atoms with Crippen LogP contribution in [0.25, 0.3) is 11.3 Å². The van der Waals surface area contributed by atoms with Crippen LogP contribution < -0.4 is 15.5 Å². The normalized spacial score (nSPS) is 20.7. The van der Waals surface area contributed by atoms with E-state index in [4.69, 9.17) is 10.5 Å². The van der Waals surface area contributed by atoms with E-state index in [1.54, 1.807) is 6.07 Å². The fraction of sp³-hybridized carbons (Fsp3) is 0.526. The summed E-state index contributed by atoms with van der Waals surface area (Å²) >= 11 is 0. The molecule has 4 rings (SSSR count). The van der Waals surface area contributed by atoms with Crippen molar-refractivity contribution < 1.29 is 17.9 Å². The van der Waals surface area contributed by atoms with E-state index < -0.39 is 11.9 Å². The Morgan fingerprint density at radius 3 is 2.55 bits per heavy atom. The van der Waals surface area contributed by atoms with Crippen LogP contribution in [0.3, 0.4) is 0 Å². The minimum Gasteiger partial charge on any atom is -0.384 e. The maximum Gasteiger partial charge on any atom is 0.434 e. The fourth-order valence-electron chi connectivity index (χ4n) is 3.66. The first-order valence-electron chi connectivity index (χ1n) is 9.55. The molecule has 7 nitrogen and oxygen atoms in total. The molecule has 2 N–H and O–H groups in total. The Hall–Kier alpha value is -2.62. The summed E-state index contributed by atoms with van der Waals surface area (Å²) in [5, 5.41) is 0. The van der Waals surface area contributed by atoms with Crippen LogP contribution in [0.2, 0.25) is 0 Å². The van der Waals surface area contributed by atoms with E-state index in [0.717, 1.165) is 13.1 Å². The standard InChI is InChI=1S/C19H23F3N6O/c1-11-8-27(9-11)16-7-14(13-3-4-15(23)25-17(13)19(20,21)22)24-18(26-16)28-5-6-29-10-12(28)2/h3-4,7,11-12H,5-6,8-10H2,1-2H3,(H2,23,25)/t12-/m0/s1. The second-order valence-corrected chi connectivity index (χ2v) is 7.67. The highest BCUT2D eigenvalue weighted by molar-refractivity contribution is 5.69. The molecule has 0 spiro atoms. The van der Waals surface area contributed by atoms with Crippen LogP contribution in [-0.4, -0.2) is 53.8 Å². The van der Waals surface area contributed by atoms with Crippen molar-refractivity contribution in [2.24, 2.45) is 5.92 Å². The number of rotatable bonds is 3. The van der Waals surface area contributed by atoms with Crippen LogP contribution in [0.5, 0.6) is 0 Å². The van der Waals surface area contributed by atoms with Crippen LogP contribution >= 0.6 is 0 Å². The third-order valence-electron chi connectivity index (χ3n) is 5.17. The van der Waals surface area contributed by atoms with Gasteiger partial charge in [-0.25, -0.2) is 9.97 Å². The minimum atomic E-state index is -4.65. The summed E-state index contributed by atoms with van der Waals surface area (Å²) in [5.41, 5.74) is 4.55. The number of nitrogen functional groups attached to an aromatic ring is 1. The molecule has 4 heterocycles. The highest BCUT2D eigenvalue weighted by Crippen LogP contribution is 2.37. The number of alkyl halides is 3. The molecule has 2 saturated heterocycles. The van der Waals surface area contributed by atoms with E-state index in [2.05, 4.69) is 21.9 Å². The molecule has 10 heteroatoms. The number of ether oxygens (including phenoxy) is 1. The maximum atomic E-state index is 13.6. The van der Waals surface area contributed by atoms with E-state index >= 15 is 0 Å². The minimum absolute atomic E-state index is 0.0220. The topological polar surface area (TPSA) is 80.4 Å². The van der Waals surface area contributed by atoms with Crippen molar-refractivity contribution in [3.63, 3.8) is 0 Å². The smallest absolute Gasteiger partial charge is 0.384 e. The van der Waals surface area contributed by atoms with Gasteiger partial charge >= 0.3 is 6.18 Å². The lowest BCUT2D eigenvalue weighted by Gasteiger charge is -2.39. The fourth-order valence-corrected chi connectivity index (χ4v) is 3.66. The molecule has 156 valence electrons. The molecular formula is C19H23F3N6O. The Labute approximate surface area is 166 Å². The third kappa shape index (κ3) is 3.93. The summed E-state index contributed by atoms with van der Waals surface area (Å²) in [7, 11) is 0. The summed E-state index contributed by atoms with van der Waals surface area (Å²) in [4.78, 5) is 16.7. The number of pyridine rings is 1. The highest BCUT2D eigenvalue weighted by atomic mass is 19.4. The second-order valence-electron chi connectivity index (χ2n) is 7.67. The molecule has 2 aliphatic heterocycles. The van der Waals surface area contributed by atoms with Gasteiger partial charge in [0.15, 0.2) is 5.69 Å². The molecule has 0 bridgehead atoms. The monoisotopic (exact) mass is 408 g/mol. The number of anilines is 3. The average molecular weight is 408 g/mol. The van der Waals surface area contributed by atoms with Gasteiger partial charge in [0.1, 0.15) is 11.6 Å². The zero-order chi connectivity index (χ0) is 20.8. The summed E-state index contributed by atoms with van der Waals surface area (Å²) in [6.45, 7) is 7.32. The number of morpholine rings is 1. The Bertz CT molecular complexity index is 900. The molecule has 1 atom stereocenters. The van der Waals surface area contributed by atoms with Gasteiger partial charge in [0.25, 0.3) is 0 Å². The summed E-state index contributed by atoms with van der Waals surface area (Å²) in [6, 6.07) is 4.30. The number of nitrogens with two attached hydrogens (primary N) is 1. The Kier molecular flexibility index (Phi) is 4.97. The third-order valence-corrected chi connectivity index (χ3v) is 5.17. The number of nitrogens with zero attached hydrogens (tertiary/aromatic N) is 5. The van der Waals surface area contributed by atoms with Crippen LogP contribution in [-0.2, 0) is 10.9 Å². The maximum absolute atomic E-state index is 13.6. The van der Waals surface area contributed by atoms with Gasteiger partial charge in [-0.2, -0.15) is 18.2 Å². The first-order valence-corrected chi connectivity index (χ1v) is 9.55. The van der Waals surface area contributed by atoms with Crippen molar-refractivity contribution in [2.75, 3.05) is 48.4 Å². The van der Waals surface area contributed by atoms with Crippen molar-refractivity contribution in [3.05, 3.63) is 23.9 Å². The van der Waals surface area contributed by atoms with Gasteiger partial charge < -0.3 is 20.3 Å². The second kappa shape index (κ2) is 7.33. The van der Waals surface area contributed by atoms with Gasteiger partial charge in [-0.15, -0.1) is 0 Å². The molecule has 0 radical (unpaired) electrons. The van der Waals surface area contributed by atoms with Crippen LogP contribution in [0, 0.1) is 5.92 Å². The number of halogens is 3. The lowest BCUT2D eigenvalue weighted by atomic mass is 10.0. The van der Waals surface area contributed by atoms with Gasteiger partial charge in [0, 0.05) is 31.3 Å². The Balaban J connectivity index is 1.83. The van der Waals surface area contributed by atoms with Crippen LogP contribution in [0.15, 0.2) is 18.2 Å².